The first-order valence-electron chi connectivity index (χ1n) is 6.44. The van der Waals surface area contributed by atoms with Gasteiger partial charge in [0.2, 0.25) is 0 Å². The van der Waals surface area contributed by atoms with Gasteiger partial charge >= 0.3 is 24.6 Å². The van der Waals surface area contributed by atoms with Crippen LogP contribution in [0.4, 0.5) is 16.5 Å². The van der Waals surface area contributed by atoms with Gasteiger partial charge in [-0.2, -0.15) is 0 Å². The van der Waals surface area contributed by atoms with Crippen LogP contribution < -0.4 is 59.1 Å². The van der Waals surface area contributed by atoms with Crippen molar-refractivity contribution in [3.8, 4) is 0 Å². The fraction of sp³-hybridized carbons (Fsp3) is 0.357. The Morgan fingerprint density at radius 1 is 0.958 bits per heavy atom. The van der Waals surface area contributed by atoms with Crippen molar-refractivity contribution in [3.05, 3.63) is 35.8 Å². The number of nitrogens with zero attached hydrogens (tertiary/aromatic N) is 4. The molecule has 0 aliphatic rings. The number of hydrogen-bond donors (Lipinski definition) is 0. The van der Waals surface area contributed by atoms with Gasteiger partial charge < -0.3 is 54.5 Å². The molecule has 0 saturated carbocycles. The molecule has 24 heavy (non-hydrogen) atoms. The summed E-state index contributed by atoms with van der Waals surface area (Å²) in [5.41, 5.74) is 2.11. The first-order valence-corrected chi connectivity index (χ1v) is 7.32. The maximum absolute atomic E-state index is 4.26. The van der Waals surface area contributed by atoms with E-state index in [2.05, 4.69) is 41.1 Å². The van der Waals surface area contributed by atoms with E-state index < -0.39 is 0 Å². The van der Waals surface area contributed by atoms with Crippen LogP contribution in [0.2, 0.25) is 0 Å². The van der Waals surface area contributed by atoms with Gasteiger partial charge in [0.25, 0.3) is 0 Å². The quantitative estimate of drug-likeness (QED) is 0.237. The number of aromatic nitrogens is 1. The number of halogens is 4. The Labute approximate surface area is 185 Å². The first kappa shape index (κ1) is 31.8. The number of benzene rings is 1. The zero-order valence-electron chi connectivity index (χ0n) is 13.8. The molecule has 1 aromatic carbocycles. The normalized spacial score (nSPS) is 8.79. The second kappa shape index (κ2) is 16.5. The van der Waals surface area contributed by atoms with Crippen molar-refractivity contribution in [2.45, 2.75) is 13.8 Å². The molecule has 0 atom stereocenters. The Hall–Kier alpha value is 0.0334. The molecular formula is C14H19Cl4N4SZn-. The largest absolute Gasteiger partial charge is 2.00 e. The molecule has 2 rings (SSSR count). The van der Waals surface area contributed by atoms with Crippen molar-refractivity contribution in [1.82, 2.24) is 0 Å². The molecule has 1 aromatic heterocycles. The maximum atomic E-state index is 4.26. The fourth-order valence-electron chi connectivity index (χ4n) is 1.84. The summed E-state index contributed by atoms with van der Waals surface area (Å²) in [5, 5.41) is 11.4. The topological polar surface area (TPSA) is 31.8 Å². The summed E-state index contributed by atoms with van der Waals surface area (Å²) in [6.07, 6.45) is 1.97. The molecule has 10 heteroatoms. The van der Waals surface area contributed by atoms with E-state index in [1.54, 1.807) is 11.3 Å². The Balaban J connectivity index is -0.000000400. The molecule has 0 radical (unpaired) electrons. The van der Waals surface area contributed by atoms with Crippen LogP contribution in [0.25, 0.3) is 0 Å². The smallest absolute Gasteiger partial charge is 1.00 e. The van der Waals surface area contributed by atoms with Crippen LogP contribution in [-0.4, -0.2) is 13.1 Å². The van der Waals surface area contributed by atoms with Gasteiger partial charge in [-0.15, -0.1) is 0 Å². The van der Waals surface area contributed by atoms with Gasteiger partial charge in [-0.25, -0.2) is 4.57 Å². The SMILES string of the molecule is CCN(CC)c1ccc(N=Nc2scc[n+]2C)cc1.[Cl-].[Cl-].[Cl-].[Cl-].[Zn+2]. The third kappa shape index (κ3) is 8.93. The maximum Gasteiger partial charge on any atom is 2.00 e. The second-order valence-electron chi connectivity index (χ2n) is 4.19. The molecule has 4 nitrogen and oxygen atoms in total. The third-order valence-corrected chi connectivity index (χ3v) is 3.83. The van der Waals surface area contributed by atoms with Crippen molar-refractivity contribution in [3.63, 3.8) is 0 Å². The average molecular weight is 483 g/mol. The Morgan fingerprint density at radius 3 is 1.92 bits per heavy atom. The van der Waals surface area contributed by atoms with Crippen molar-refractivity contribution in [1.29, 1.82) is 0 Å². The van der Waals surface area contributed by atoms with Crippen LogP contribution in [-0.2, 0) is 26.5 Å². The zero-order valence-corrected chi connectivity index (χ0v) is 20.6. The van der Waals surface area contributed by atoms with Crippen LogP contribution in [0, 0.1) is 0 Å². The Kier molecular flexibility index (Phi) is 21.8. The van der Waals surface area contributed by atoms with Gasteiger partial charge in [0.1, 0.15) is 11.9 Å². The van der Waals surface area contributed by atoms with Crippen LogP contribution in [0.1, 0.15) is 13.8 Å². The van der Waals surface area contributed by atoms with Crippen molar-refractivity contribution in [2.75, 3.05) is 18.0 Å². The number of rotatable bonds is 5. The molecule has 132 valence electrons. The van der Waals surface area contributed by atoms with Crippen molar-refractivity contribution >= 4 is 27.8 Å². The molecule has 1 heterocycles. The van der Waals surface area contributed by atoms with Gasteiger partial charge in [0, 0.05) is 24.2 Å². The van der Waals surface area contributed by atoms with E-state index in [1.165, 1.54) is 5.69 Å². The Morgan fingerprint density at radius 2 is 1.50 bits per heavy atom. The van der Waals surface area contributed by atoms with E-state index in [-0.39, 0.29) is 69.1 Å². The summed E-state index contributed by atoms with van der Waals surface area (Å²) in [4.78, 5) is 2.31. The minimum atomic E-state index is 0. The van der Waals surface area contributed by atoms with Crippen molar-refractivity contribution < 1.29 is 73.7 Å². The number of azo groups is 1. The predicted molar refractivity (Wildman–Crippen MR) is 79.7 cm³/mol. The number of anilines is 1. The molecule has 0 spiro atoms. The number of hydrogen-bond acceptors (Lipinski definition) is 4. The number of aryl methyl sites for hydroxylation is 1. The monoisotopic (exact) mass is 479 g/mol. The third-order valence-electron chi connectivity index (χ3n) is 2.99. The van der Waals surface area contributed by atoms with E-state index in [9.17, 15) is 0 Å². The average Bonchev–Trinajstić information content (AvgIpc) is 2.85. The summed E-state index contributed by atoms with van der Waals surface area (Å²) in [6.45, 7) is 6.35. The van der Waals surface area contributed by atoms with Crippen LogP contribution in [0.15, 0.2) is 46.1 Å². The molecule has 0 aliphatic heterocycles. The molecule has 0 N–H and O–H groups in total. The van der Waals surface area contributed by atoms with E-state index in [0.29, 0.717) is 0 Å². The summed E-state index contributed by atoms with van der Waals surface area (Å²) >= 11 is 1.58. The first-order chi connectivity index (χ1) is 9.24. The molecular weight excluding hydrogens is 463 g/mol. The summed E-state index contributed by atoms with van der Waals surface area (Å²) in [5.74, 6) is 0. The fourth-order valence-corrected chi connectivity index (χ4v) is 2.52. The van der Waals surface area contributed by atoms with Crippen LogP contribution >= 0.6 is 11.3 Å². The summed E-state index contributed by atoms with van der Waals surface area (Å²) in [7, 11) is 1.97. The van der Waals surface area contributed by atoms with Crippen molar-refractivity contribution in [2.24, 2.45) is 17.3 Å². The van der Waals surface area contributed by atoms with E-state index in [0.717, 1.165) is 23.9 Å². The van der Waals surface area contributed by atoms with Gasteiger partial charge in [-0.05, 0) is 54.6 Å². The van der Waals surface area contributed by atoms with Crippen LogP contribution in [0.5, 0.6) is 0 Å². The predicted octanol–water partition coefficient (Wildman–Crippen LogP) is -8.15. The number of thiazole rings is 1. The molecule has 0 unspecified atom stereocenters. The molecule has 2 aromatic rings. The molecule has 0 aliphatic carbocycles. The van der Waals surface area contributed by atoms with E-state index >= 15 is 0 Å². The second-order valence-corrected chi connectivity index (χ2v) is 5.06. The molecule has 0 amide bonds. The van der Waals surface area contributed by atoms with E-state index in [1.807, 2.05) is 35.3 Å². The van der Waals surface area contributed by atoms with Gasteiger partial charge in [0.15, 0.2) is 0 Å². The minimum Gasteiger partial charge on any atom is -1.00 e. The minimum absolute atomic E-state index is 0. The Bertz CT molecular complexity index is 562. The van der Waals surface area contributed by atoms with Gasteiger partial charge in [0.05, 0.1) is 12.2 Å². The summed E-state index contributed by atoms with van der Waals surface area (Å²) in [6, 6.07) is 8.20. The van der Waals surface area contributed by atoms with Gasteiger partial charge in [-0.1, -0.05) is 0 Å². The van der Waals surface area contributed by atoms with E-state index in [4.69, 9.17) is 0 Å². The molecule has 0 fully saturated rings. The summed E-state index contributed by atoms with van der Waals surface area (Å²) < 4.78 is 1.96. The zero-order chi connectivity index (χ0) is 13.7. The standard InChI is InChI=1S/C14H19N4S.4ClH.Zn/c1-4-18(5-2)13-8-6-12(7-9-13)15-16-14-17(3)10-11-19-14;;;;;/h6-11H,4-5H2,1-3H3;4*1H;/q+1;;;;;+2/p-4. The molecule has 0 bridgehead atoms. The van der Waals surface area contributed by atoms with Gasteiger partial charge in [-0.3, -0.25) is 0 Å². The molecule has 0 saturated heterocycles. The van der Waals surface area contributed by atoms with Crippen LogP contribution in [0.3, 0.4) is 0 Å².